The maximum Gasteiger partial charge on any atom is 0.0406 e. The van der Waals surface area contributed by atoms with Gasteiger partial charge in [-0.15, -0.1) is 0 Å². The van der Waals surface area contributed by atoms with Crippen LogP contribution >= 0.6 is 11.6 Å². The quantitative estimate of drug-likeness (QED) is 0.771. The van der Waals surface area contributed by atoms with E-state index < -0.39 is 0 Å². The number of hydrogen-bond acceptors (Lipinski definition) is 1. The largest absolute Gasteiger partial charge is 0.316 e. The van der Waals surface area contributed by atoms with Crippen molar-refractivity contribution in [3.63, 3.8) is 0 Å². The predicted octanol–water partition coefficient (Wildman–Crippen LogP) is 4.84. The van der Waals surface area contributed by atoms with E-state index >= 15 is 0 Å². The van der Waals surface area contributed by atoms with E-state index in [4.69, 9.17) is 11.6 Å². The van der Waals surface area contributed by atoms with Crippen LogP contribution in [0.1, 0.15) is 31.4 Å². The molecular formula is C19H24ClN. The van der Waals surface area contributed by atoms with Crippen molar-refractivity contribution in [1.29, 1.82) is 0 Å². The number of benzene rings is 2. The summed E-state index contributed by atoms with van der Waals surface area (Å²) < 4.78 is 0. The van der Waals surface area contributed by atoms with Crippen molar-refractivity contribution in [2.24, 2.45) is 0 Å². The first kappa shape index (κ1) is 16.1. The minimum Gasteiger partial charge on any atom is -0.316 e. The molecule has 112 valence electrons. The summed E-state index contributed by atoms with van der Waals surface area (Å²) in [6.07, 6.45) is 2.13. The minimum absolute atomic E-state index is 0.130. The number of hydrogen-bond donors (Lipinski definition) is 1. The van der Waals surface area contributed by atoms with Crippen LogP contribution in [-0.4, -0.2) is 13.1 Å². The molecule has 2 heteroatoms. The molecule has 0 spiro atoms. The molecule has 1 N–H and O–H groups in total. The average Bonchev–Trinajstić information content (AvgIpc) is 2.54. The summed E-state index contributed by atoms with van der Waals surface area (Å²) in [6, 6.07) is 19.1. The third-order valence-electron chi connectivity index (χ3n) is 4.23. The minimum atomic E-state index is 0.130. The summed E-state index contributed by atoms with van der Waals surface area (Å²) in [4.78, 5) is 0. The van der Waals surface area contributed by atoms with Crippen molar-refractivity contribution in [2.45, 2.75) is 32.1 Å². The summed E-state index contributed by atoms with van der Waals surface area (Å²) in [7, 11) is 0. The highest BCUT2D eigenvalue weighted by molar-refractivity contribution is 6.30. The lowest BCUT2D eigenvalue weighted by molar-refractivity contribution is 0.382. The zero-order valence-corrected chi connectivity index (χ0v) is 13.7. The molecule has 0 saturated heterocycles. The van der Waals surface area contributed by atoms with Crippen LogP contribution in [-0.2, 0) is 11.8 Å². The zero-order chi connectivity index (χ0) is 15.1. The fourth-order valence-corrected chi connectivity index (χ4v) is 3.00. The van der Waals surface area contributed by atoms with E-state index in [2.05, 4.69) is 61.6 Å². The third-order valence-corrected chi connectivity index (χ3v) is 4.48. The Morgan fingerprint density at radius 1 is 0.952 bits per heavy atom. The Labute approximate surface area is 133 Å². The first-order valence-electron chi connectivity index (χ1n) is 7.71. The van der Waals surface area contributed by atoms with Crippen LogP contribution in [0.3, 0.4) is 0 Å². The van der Waals surface area contributed by atoms with E-state index in [9.17, 15) is 0 Å². The first-order chi connectivity index (χ1) is 10.2. The van der Waals surface area contributed by atoms with Crippen LogP contribution in [0.4, 0.5) is 0 Å². The lowest BCUT2D eigenvalue weighted by Gasteiger charge is -2.34. The number of nitrogens with one attached hydrogen (secondary N) is 1. The fraction of sp³-hybridized carbons (Fsp3) is 0.368. The fourth-order valence-electron chi connectivity index (χ4n) is 2.87. The van der Waals surface area contributed by atoms with Crippen LogP contribution in [0.15, 0.2) is 54.6 Å². The molecule has 2 aromatic carbocycles. The van der Waals surface area contributed by atoms with Gasteiger partial charge in [0.15, 0.2) is 0 Å². The van der Waals surface area contributed by atoms with Crippen LogP contribution in [0.25, 0.3) is 0 Å². The van der Waals surface area contributed by atoms with Crippen molar-refractivity contribution in [3.05, 3.63) is 70.7 Å². The molecule has 0 radical (unpaired) electrons. The topological polar surface area (TPSA) is 12.0 Å². The highest BCUT2D eigenvalue weighted by Gasteiger charge is 2.30. The molecule has 2 aromatic rings. The lowest BCUT2D eigenvalue weighted by atomic mass is 9.73. The standard InChI is InChI=1S/C19H24ClN/c1-3-19(15-21-4-2,17-8-6-5-7-9-17)14-16-10-12-18(20)13-11-16/h5-13,21H,3-4,14-15H2,1-2H3. The molecule has 0 aromatic heterocycles. The summed E-state index contributed by atoms with van der Waals surface area (Å²) in [5.41, 5.74) is 2.87. The molecule has 0 bridgehead atoms. The van der Waals surface area contributed by atoms with Crippen LogP contribution in [0.2, 0.25) is 5.02 Å². The maximum absolute atomic E-state index is 6.01. The maximum atomic E-state index is 6.01. The van der Waals surface area contributed by atoms with Gasteiger partial charge in [0.2, 0.25) is 0 Å². The van der Waals surface area contributed by atoms with E-state index in [0.29, 0.717) is 0 Å². The Balaban J connectivity index is 2.32. The third kappa shape index (κ3) is 4.09. The Morgan fingerprint density at radius 2 is 1.62 bits per heavy atom. The van der Waals surface area contributed by atoms with Gasteiger partial charge >= 0.3 is 0 Å². The lowest BCUT2D eigenvalue weighted by Crippen LogP contribution is -2.39. The van der Waals surface area contributed by atoms with Gasteiger partial charge < -0.3 is 5.32 Å². The highest BCUT2D eigenvalue weighted by Crippen LogP contribution is 2.32. The van der Waals surface area contributed by atoms with Gasteiger partial charge in [0.1, 0.15) is 0 Å². The zero-order valence-electron chi connectivity index (χ0n) is 12.9. The Hall–Kier alpha value is -1.31. The Kier molecular flexibility index (Phi) is 5.84. The summed E-state index contributed by atoms with van der Waals surface area (Å²) in [5, 5.41) is 4.34. The van der Waals surface area contributed by atoms with Gasteiger partial charge in [0.25, 0.3) is 0 Å². The predicted molar refractivity (Wildman–Crippen MR) is 92.1 cm³/mol. The Bertz CT molecular complexity index is 535. The van der Waals surface area contributed by atoms with Crippen molar-refractivity contribution in [3.8, 4) is 0 Å². The highest BCUT2D eigenvalue weighted by atomic mass is 35.5. The van der Waals surface area contributed by atoms with Gasteiger partial charge in [-0.1, -0.05) is 67.9 Å². The van der Waals surface area contributed by atoms with E-state index in [-0.39, 0.29) is 5.41 Å². The van der Waals surface area contributed by atoms with Crippen LogP contribution in [0, 0.1) is 0 Å². The molecule has 0 aliphatic carbocycles. The van der Waals surface area contributed by atoms with Crippen molar-refractivity contribution >= 4 is 11.6 Å². The van der Waals surface area contributed by atoms with Gasteiger partial charge in [-0.05, 0) is 42.6 Å². The normalized spacial score (nSPS) is 13.9. The number of halogens is 1. The van der Waals surface area contributed by atoms with E-state index in [1.165, 1.54) is 11.1 Å². The van der Waals surface area contributed by atoms with Crippen molar-refractivity contribution < 1.29 is 0 Å². The SMILES string of the molecule is CCNCC(CC)(Cc1ccc(Cl)cc1)c1ccccc1. The molecule has 0 amide bonds. The van der Waals surface area contributed by atoms with Crippen molar-refractivity contribution in [1.82, 2.24) is 5.32 Å². The second-order valence-corrected chi connectivity index (χ2v) is 6.02. The second-order valence-electron chi connectivity index (χ2n) is 5.58. The van der Waals surface area contributed by atoms with Gasteiger partial charge in [-0.2, -0.15) is 0 Å². The van der Waals surface area contributed by atoms with E-state index in [1.807, 2.05) is 12.1 Å². The summed E-state index contributed by atoms with van der Waals surface area (Å²) in [5.74, 6) is 0. The van der Waals surface area contributed by atoms with E-state index in [0.717, 1.165) is 31.0 Å². The van der Waals surface area contributed by atoms with Gasteiger partial charge in [0, 0.05) is 17.0 Å². The molecule has 0 fully saturated rings. The van der Waals surface area contributed by atoms with Crippen molar-refractivity contribution in [2.75, 3.05) is 13.1 Å². The smallest absolute Gasteiger partial charge is 0.0406 e. The molecule has 0 aliphatic rings. The molecule has 0 aliphatic heterocycles. The average molecular weight is 302 g/mol. The summed E-state index contributed by atoms with van der Waals surface area (Å²) in [6.45, 7) is 6.43. The van der Waals surface area contributed by atoms with Gasteiger partial charge in [0.05, 0.1) is 0 Å². The molecule has 21 heavy (non-hydrogen) atoms. The molecule has 1 nitrogen and oxygen atoms in total. The molecular weight excluding hydrogens is 278 g/mol. The van der Waals surface area contributed by atoms with E-state index in [1.54, 1.807) is 0 Å². The van der Waals surface area contributed by atoms with Gasteiger partial charge in [-0.3, -0.25) is 0 Å². The summed E-state index contributed by atoms with van der Waals surface area (Å²) >= 11 is 6.01. The monoisotopic (exact) mass is 301 g/mol. The molecule has 1 unspecified atom stereocenters. The van der Waals surface area contributed by atoms with Gasteiger partial charge in [-0.25, -0.2) is 0 Å². The number of rotatable bonds is 7. The molecule has 1 atom stereocenters. The molecule has 2 rings (SSSR count). The van der Waals surface area contributed by atoms with Crippen LogP contribution < -0.4 is 5.32 Å². The molecule has 0 saturated carbocycles. The number of likely N-dealkylation sites (N-methyl/N-ethyl adjacent to an activating group) is 1. The van der Waals surface area contributed by atoms with Crippen LogP contribution in [0.5, 0.6) is 0 Å². The second kappa shape index (κ2) is 7.63. The Morgan fingerprint density at radius 3 is 2.19 bits per heavy atom. The first-order valence-corrected chi connectivity index (χ1v) is 8.08. The molecule has 0 heterocycles.